The first-order valence-electron chi connectivity index (χ1n) is 7.34. The molecule has 0 saturated carbocycles. The Hall–Kier alpha value is -1.49. The zero-order chi connectivity index (χ0) is 21.4. The predicted octanol–water partition coefficient (Wildman–Crippen LogP) is -4.65. The van der Waals surface area contributed by atoms with Gasteiger partial charge in [0.25, 0.3) is 0 Å². The van der Waals surface area contributed by atoms with Crippen LogP contribution in [0.15, 0.2) is 0 Å². The van der Waals surface area contributed by atoms with Crippen molar-refractivity contribution in [2.24, 2.45) is 0 Å². The summed E-state index contributed by atoms with van der Waals surface area (Å²) < 4.78 is 0. The van der Waals surface area contributed by atoms with E-state index in [1.54, 1.807) is 0 Å². The van der Waals surface area contributed by atoms with Crippen LogP contribution >= 0.6 is 0 Å². The third-order valence-corrected chi connectivity index (χ3v) is 1.44. The number of carbonyl (C=O) groups is 5. The molecule has 0 saturated heterocycles. The van der Waals surface area contributed by atoms with E-state index in [9.17, 15) is 49.5 Å². The number of carboxylic acid groups (broad SMARTS) is 5. The van der Waals surface area contributed by atoms with Crippen LogP contribution in [0, 0.1) is 0 Å². The minimum atomic E-state index is -0.995. The fourth-order valence-corrected chi connectivity index (χ4v) is 0. The molecule has 0 aliphatic carbocycles. The van der Waals surface area contributed by atoms with Crippen molar-refractivity contribution in [3.63, 3.8) is 0 Å². The van der Waals surface area contributed by atoms with E-state index < -0.39 is 29.8 Å². The van der Waals surface area contributed by atoms with Gasteiger partial charge in [0.1, 0.15) is 0 Å². The molecular formula is C15H25AlO10Zn. The molecule has 0 aliphatic rings. The Kier molecular flexibility index (Phi) is 65.5. The van der Waals surface area contributed by atoms with E-state index in [4.69, 9.17) is 0 Å². The van der Waals surface area contributed by atoms with E-state index in [-0.39, 0.29) is 68.9 Å². The second-order valence-corrected chi connectivity index (χ2v) is 3.63. The van der Waals surface area contributed by atoms with Crippen LogP contribution < -0.4 is 25.5 Å². The Bertz CT molecular complexity index is 294. The van der Waals surface area contributed by atoms with Crippen molar-refractivity contribution >= 4 is 47.2 Å². The molecule has 0 amide bonds. The molecule has 0 unspecified atom stereocenters. The van der Waals surface area contributed by atoms with Gasteiger partial charge in [0.15, 0.2) is 0 Å². The first-order valence-corrected chi connectivity index (χ1v) is 7.34. The van der Waals surface area contributed by atoms with E-state index in [0.717, 1.165) is 0 Å². The molecule has 0 atom stereocenters. The van der Waals surface area contributed by atoms with Crippen LogP contribution in [0.3, 0.4) is 0 Å². The summed E-state index contributed by atoms with van der Waals surface area (Å²) in [5, 5.41) is 46.3. The predicted molar refractivity (Wildman–Crippen MR) is 82.2 cm³/mol. The molecular weight excluding hydrogens is 433 g/mol. The minimum absolute atomic E-state index is 0. The largest absolute Gasteiger partial charge is 3.00 e. The number of carboxylic acids is 5. The van der Waals surface area contributed by atoms with Gasteiger partial charge in [-0.2, -0.15) is 0 Å². The van der Waals surface area contributed by atoms with Crippen molar-refractivity contribution in [2.75, 3.05) is 0 Å². The fraction of sp³-hybridized carbons (Fsp3) is 0.667. The molecule has 0 spiro atoms. The molecule has 0 N–H and O–H groups in total. The zero-order valence-corrected chi connectivity index (χ0v) is 20.5. The molecule has 0 aromatic rings. The first-order chi connectivity index (χ1) is 11.4. The van der Waals surface area contributed by atoms with Crippen LogP contribution in [-0.4, -0.2) is 47.2 Å². The maximum Gasteiger partial charge on any atom is 3.00 e. The molecule has 27 heavy (non-hydrogen) atoms. The summed E-state index contributed by atoms with van der Waals surface area (Å²) in [6, 6.07) is 0. The van der Waals surface area contributed by atoms with E-state index in [0.29, 0.717) is 0 Å². The molecule has 0 fully saturated rings. The van der Waals surface area contributed by atoms with Crippen molar-refractivity contribution < 1.29 is 69.0 Å². The standard InChI is InChI=1S/5C3H6O2.Al.Zn/c5*1-2-3(4)5;;/h5*2H2,1H3,(H,4,5);;/q;;;;;+3;+2/p-5. The van der Waals surface area contributed by atoms with Gasteiger partial charge in [-0.05, 0) is 32.1 Å². The zero-order valence-electron chi connectivity index (χ0n) is 16.4. The van der Waals surface area contributed by atoms with Gasteiger partial charge in [-0.1, -0.05) is 34.6 Å². The number of hydrogen-bond acceptors (Lipinski definition) is 10. The molecule has 0 rings (SSSR count). The molecule has 10 nitrogen and oxygen atoms in total. The third kappa shape index (κ3) is 172. The van der Waals surface area contributed by atoms with Crippen LogP contribution in [0.4, 0.5) is 0 Å². The van der Waals surface area contributed by atoms with Gasteiger partial charge in [-0.3, -0.25) is 0 Å². The second-order valence-electron chi connectivity index (χ2n) is 3.63. The van der Waals surface area contributed by atoms with Crippen LogP contribution in [0.5, 0.6) is 0 Å². The average Bonchev–Trinajstić information content (AvgIpc) is 2.56. The summed E-state index contributed by atoms with van der Waals surface area (Å²) in [7, 11) is 0. The normalized spacial score (nSPS) is 6.85. The molecule has 0 aromatic carbocycles. The van der Waals surface area contributed by atoms with Gasteiger partial charge in [0, 0.05) is 29.8 Å². The smallest absolute Gasteiger partial charge is 0.550 e. The summed E-state index contributed by atoms with van der Waals surface area (Å²) in [5.41, 5.74) is 0. The molecule has 150 valence electrons. The summed E-state index contributed by atoms with van der Waals surface area (Å²) >= 11 is 0. The number of hydrogen-bond donors (Lipinski definition) is 0. The van der Waals surface area contributed by atoms with E-state index in [1.165, 1.54) is 34.6 Å². The first kappa shape index (κ1) is 44.7. The van der Waals surface area contributed by atoms with Crippen molar-refractivity contribution in [1.82, 2.24) is 0 Å². The van der Waals surface area contributed by atoms with Crippen molar-refractivity contribution in [3.8, 4) is 0 Å². The van der Waals surface area contributed by atoms with Crippen molar-refractivity contribution in [3.05, 3.63) is 0 Å². The summed E-state index contributed by atoms with van der Waals surface area (Å²) in [4.78, 5) is 46.3. The fourth-order valence-electron chi connectivity index (χ4n) is 0. The van der Waals surface area contributed by atoms with Crippen molar-refractivity contribution in [2.45, 2.75) is 66.7 Å². The van der Waals surface area contributed by atoms with E-state index >= 15 is 0 Å². The second kappa shape index (κ2) is 39.5. The Morgan fingerprint density at radius 2 is 0.481 bits per heavy atom. The van der Waals surface area contributed by atoms with E-state index in [2.05, 4.69) is 0 Å². The Labute approximate surface area is 182 Å². The van der Waals surface area contributed by atoms with E-state index in [1.807, 2.05) is 0 Å². The molecule has 0 radical (unpaired) electrons. The van der Waals surface area contributed by atoms with Crippen LogP contribution in [0.2, 0.25) is 0 Å². The van der Waals surface area contributed by atoms with Gasteiger partial charge in [0.2, 0.25) is 0 Å². The molecule has 0 bridgehead atoms. The van der Waals surface area contributed by atoms with Gasteiger partial charge < -0.3 is 49.5 Å². The van der Waals surface area contributed by atoms with Gasteiger partial charge >= 0.3 is 36.8 Å². The maximum absolute atomic E-state index is 9.26. The van der Waals surface area contributed by atoms with Gasteiger partial charge in [-0.25, -0.2) is 0 Å². The topological polar surface area (TPSA) is 201 Å². The quantitative estimate of drug-likeness (QED) is 0.361. The van der Waals surface area contributed by atoms with Gasteiger partial charge in [-0.15, -0.1) is 0 Å². The molecule has 0 heterocycles. The number of carbonyl (C=O) groups excluding carboxylic acids is 5. The SMILES string of the molecule is CCC(=O)[O-].CCC(=O)[O-].CCC(=O)[O-].CCC(=O)[O-].CCC(=O)[O-].[Al+3].[Zn+2]. The maximum atomic E-state index is 9.26. The number of rotatable bonds is 5. The Morgan fingerprint density at radius 1 is 0.444 bits per heavy atom. The monoisotopic (exact) mass is 456 g/mol. The average molecular weight is 458 g/mol. The number of aliphatic carboxylic acids is 5. The summed E-state index contributed by atoms with van der Waals surface area (Å²) in [6.07, 6.45) is 0.556. The van der Waals surface area contributed by atoms with Crippen LogP contribution in [0.1, 0.15) is 66.7 Å². The van der Waals surface area contributed by atoms with Crippen molar-refractivity contribution in [1.29, 1.82) is 0 Å². The molecule has 12 heteroatoms. The molecule has 0 aromatic heterocycles. The van der Waals surface area contributed by atoms with Gasteiger partial charge in [0.05, 0.1) is 0 Å². The Morgan fingerprint density at radius 3 is 0.481 bits per heavy atom. The summed E-state index contributed by atoms with van der Waals surface area (Å²) in [6.45, 7) is 7.69. The Balaban J connectivity index is -0.0000000364. The van der Waals surface area contributed by atoms with Crippen LogP contribution in [-0.2, 0) is 43.5 Å². The van der Waals surface area contributed by atoms with Crippen LogP contribution in [0.25, 0.3) is 0 Å². The molecule has 0 aliphatic heterocycles. The third-order valence-electron chi connectivity index (χ3n) is 1.44. The minimum Gasteiger partial charge on any atom is -0.550 e. The summed E-state index contributed by atoms with van der Waals surface area (Å²) in [5.74, 6) is -4.98.